The molecule has 1 N–H and O–H groups in total. The largest absolute Gasteiger partial charge is 0.452 e. The molecule has 0 fully saturated rings. The number of nitro groups is 1. The van der Waals surface area contributed by atoms with E-state index >= 15 is 0 Å². The second kappa shape index (κ2) is 10.4. The number of nitrogens with zero attached hydrogens (tertiary/aromatic N) is 2. The van der Waals surface area contributed by atoms with Crippen molar-refractivity contribution in [3.05, 3.63) is 99.1 Å². The monoisotopic (exact) mass is 467 g/mol. The number of amides is 2. The van der Waals surface area contributed by atoms with Crippen LogP contribution in [0.3, 0.4) is 0 Å². The Bertz CT molecular complexity index is 1220. The van der Waals surface area contributed by atoms with Crippen molar-refractivity contribution in [2.24, 2.45) is 0 Å². The van der Waals surface area contributed by atoms with Crippen LogP contribution in [0.25, 0.3) is 0 Å². The lowest BCUT2D eigenvalue weighted by molar-refractivity contribution is -0.384. The molecule has 0 aliphatic heterocycles. The molecule has 9 nitrogen and oxygen atoms in total. The molecule has 168 valence electrons. The molecular formula is C23H18ClN3O6. The van der Waals surface area contributed by atoms with Crippen LogP contribution in [0.15, 0.2) is 72.8 Å². The molecule has 0 aromatic heterocycles. The van der Waals surface area contributed by atoms with Crippen LogP contribution >= 0.6 is 11.6 Å². The number of nitro benzene ring substituents is 1. The molecule has 3 aromatic carbocycles. The van der Waals surface area contributed by atoms with Crippen molar-refractivity contribution >= 4 is 46.4 Å². The number of anilines is 2. The van der Waals surface area contributed by atoms with Gasteiger partial charge in [-0.05, 0) is 30.3 Å². The van der Waals surface area contributed by atoms with Crippen molar-refractivity contribution in [1.82, 2.24) is 0 Å². The van der Waals surface area contributed by atoms with Gasteiger partial charge < -0.3 is 15.0 Å². The van der Waals surface area contributed by atoms with E-state index < -0.39 is 29.3 Å². The Kier molecular flexibility index (Phi) is 7.37. The highest BCUT2D eigenvalue weighted by Gasteiger charge is 2.20. The van der Waals surface area contributed by atoms with E-state index in [1.165, 1.54) is 23.1 Å². The third kappa shape index (κ3) is 5.72. The molecule has 0 saturated carbocycles. The fourth-order valence-electron chi connectivity index (χ4n) is 2.86. The SMILES string of the molecule is CN(C(=O)COC(=O)c1ccccc1NC(=O)c1ccc([N+](=O)[O-])cc1Cl)c1ccccc1. The lowest BCUT2D eigenvalue weighted by Crippen LogP contribution is -2.31. The van der Waals surface area contributed by atoms with E-state index in [2.05, 4.69) is 5.32 Å². The summed E-state index contributed by atoms with van der Waals surface area (Å²) in [7, 11) is 1.56. The molecule has 0 radical (unpaired) electrons. The summed E-state index contributed by atoms with van der Waals surface area (Å²) in [6.45, 7) is -0.499. The average molecular weight is 468 g/mol. The number of hydrogen-bond donors (Lipinski definition) is 1. The molecule has 0 heterocycles. The highest BCUT2D eigenvalue weighted by Crippen LogP contribution is 2.24. The molecule has 33 heavy (non-hydrogen) atoms. The summed E-state index contributed by atoms with van der Waals surface area (Å²) in [5, 5.41) is 13.3. The van der Waals surface area contributed by atoms with Crippen molar-refractivity contribution in [3.8, 4) is 0 Å². The molecule has 3 rings (SSSR count). The zero-order valence-electron chi connectivity index (χ0n) is 17.4. The first kappa shape index (κ1) is 23.4. The van der Waals surface area contributed by atoms with E-state index in [9.17, 15) is 24.5 Å². The zero-order chi connectivity index (χ0) is 24.0. The minimum Gasteiger partial charge on any atom is -0.452 e. The number of nitrogens with one attached hydrogen (secondary N) is 1. The van der Waals surface area contributed by atoms with Gasteiger partial charge in [0.25, 0.3) is 17.5 Å². The maximum Gasteiger partial charge on any atom is 0.340 e. The molecule has 0 spiro atoms. The summed E-state index contributed by atoms with van der Waals surface area (Å²) in [5.41, 5.74) is 0.534. The number of benzene rings is 3. The Labute approximate surface area is 193 Å². The third-order valence-electron chi connectivity index (χ3n) is 4.65. The number of non-ortho nitro benzene ring substituents is 1. The topological polar surface area (TPSA) is 119 Å². The minimum absolute atomic E-state index is 0.00917. The van der Waals surface area contributed by atoms with Crippen molar-refractivity contribution in [3.63, 3.8) is 0 Å². The Balaban J connectivity index is 1.69. The van der Waals surface area contributed by atoms with Crippen molar-refractivity contribution in [2.45, 2.75) is 0 Å². The standard InChI is InChI=1S/C23H18ClN3O6/c1-26(15-7-3-2-4-8-15)21(28)14-33-23(30)18-9-5-6-10-20(18)25-22(29)17-12-11-16(27(31)32)13-19(17)24/h2-13H,14H2,1H3,(H,25,29). The highest BCUT2D eigenvalue weighted by atomic mass is 35.5. The number of carbonyl (C=O) groups is 3. The summed E-state index contributed by atoms with van der Waals surface area (Å²) in [5.74, 6) is -1.92. The van der Waals surface area contributed by atoms with Gasteiger partial charge in [0, 0.05) is 24.9 Å². The Morgan fingerprint density at radius 1 is 1.00 bits per heavy atom. The quantitative estimate of drug-likeness (QED) is 0.314. The minimum atomic E-state index is -0.810. The smallest absolute Gasteiger partial charge is 0.340 e. The first-order valence-corrected chi connectivity index (χ1v) is 9.98. The maximum atomic E-state index is 12.6. The second-order valence-corrected chi connectivity index (χ2v) is 7.19. The summed E-state index contributed by atoms with van der Waals surface area (Å²) in [6, 6.07) is 18.4. The molecule has 2 amide bonds. The molecule has 0 atom stereocenters. The van der Waals surface area contributed by atoms with E-state index in [4.69, 9.17) is 16.3 Å². The number of para-hydroxylation sites is 2. The summed E-state index contributed by atoms with van der Waals surface area (Å²) in [6.07, 6.45) is 0. The number of carbonyl (C=O) groups excluding carboxylic acids is 3. The first-order valence-electron chi connectivity index (χ1n) is 9.61. The van der Waals surface area contributed by atoms with E-state index in [0.717, 1.165) is 12.1 Å². The Morgan fingerprint density at radius 3 is 2.33 bits per heavy atom. The van der Waals surface area contributed by atoms with Gasteiger partial charge in [0.05, 0.1) is 26.8 Å². The normalized spacial score (nSPS) is 10.2. The van der Waals surface area contributed by atoms with Crippen LogP contribution in [0.5, 0.6) is 0 Å². The number of halogens is 1. The van der Waals surface area contributed by atoms with Gasteiger partial charge >= 0.3 is 5.97 Å². The summed E-state index contributed by atoms with van der Waals surface area (Å²) in [4.78, 5) is 49.1. The van der Waals surface area contributed by atoms with E-state index in [0.29, 0.717) is 5.69 Å². The van der Waals surface area contributed by atoms with Crippen molar-refractivity contribution < 1.29 is 24.0 Å². The molecule has 0 aliphatic carbocycles. The van der Waals surface area contributed by atoms with Crippen LogP contribution < -0.4 is 10.2 Å². The van der Waals surface area contributed by atoms with Gasteiger partial charge in [-0.2, -0.15) is 0 Å². The summed E-state index contributed by atoms with van der Waals surface area (Å²) < 4.78 is 5.14. The lowest BCUT2D eigenvalue weighted by Gasteiger charge is -2.17. The van der Waals surface area contributed by atoms with Gasteiger partial charge in [0.1, 0.15) is 0 Å². The Morgan fingerprint density at radius 2 is 1.67 bits per heavy atom. The fourth-order valence-corrected chi connectivity index (χ4v) is 3.12. The lowest BCUT2D eigenvalue weighted by atomic mass is 10.1. The maximum absolute atomic E-state index is 12.6. The zero-order valence-corrected chi connectivity index (χ0v) is 18.1. The average Bonchev–Trinajstić information content (AvgIpc) is 2.82. The van der Waals surface area contributed by atoms with Crippen molar-refractivity contribution in [1.29, 1.82) is 0 Å². The van der Waals surface area contributed by atoms with Crippen LogP contribution in [0.1, 0.15) is 20.7 Å². The number of esters is 1. The number of likely N-dealkylation sites (N-methyl/N-ethyl adjacent to an activating group) is 1. The van der Waals surface area contributed by atoms with E-state index in [1.54, 1.807) is 43.4 Å². The van der Waals surface area contributed by atoms with Crippen LogP contribution in [-0.2, 0) is 9.53 Å². The van der Waals surface area contributed by atoms with Crippen molar-refractivity contribution in [2.75, 3.05) is 23.9 Å². The van der Waals surface area contributed by atoms with Crippen LogP contribution in [0, 0.1) is 10.1 Å². The molecule has 0 saturated heterocycles. The molecule has 0 unspecified atom stereocenters. The third-order valence-corrected chi connectivity index (χ3v) is 4.96. The van der Waals surface area contributed by atoms with E-state index in [1.807, 2.05) is 6.07 Å². The number of ether oxygens (including phenoxy) is 1. The van der Waals surface area contributed by atoms with Gasteiger partial charge in [-0.25, -0.2) is 4.79 Å². The van der Waals surface area contributed by atoms with Gasteiger partial charge in [0.15, 0.2) is 6.61 Å². The summed E-state index contributed by atoms with van der Waals surface area (Å²) >= 11 is 6.00. The van der Waals surface area contributed by atoms with Crippen LogP contribution in [0.4, 0.5) is 17.1 Å². The number of rotatable bonds is 7. The molecule has 0 bridgehead atoms. The predicted octanol–water partition coefficient (Wildman–Crippen LogP) is 4.32. The number of hydrogen-bond acceptors (Lipinski definition) is 6. The second-order valence-electron chi connectivity index (χ2n) is 6.79. The van der Waals surface area contributed by atoms with Crippen LogP contribution in [0.2, 0.25) is 5.02 Å². The Hall–Kier alpha value is -4.24. The predicted molar refractivity (Wildman–Crippen MR) is 123 cm³/mol. The van der Waals surface area contributed by atoms with Gasteiger partial charge in [-0.15, -0.1) is 0 Å². The molecule has 0 aliphatic rings. The fraction of sp³-hybridized carbons (Fsp3) is 0.0870. The van der Waals surface area contributed by atoms with Gasteiger partial charge in [0.2, 0.25) is 0 Å². The van der Waals surface area contributed by atoms with E-state index in [-0.39, 0.29) is 27.5 Å². The van der Waals surface area contributed by atoms with Gasteiger partial charge in [-0.3, -0.25) is 19.7 Å². The van der Waals surface area contributed by atoms with Gasteiger partial charge in [-0.1, -0.05) is 41.9 Å². The molecule has 3 aromatic rings. The molecule has 10 heteroatoms. The molecular weight excluding hydrogens is 450 g/mol. The highest BCUT2D eigenvalue weighted by molar-refractivity contribution is 6.34. The first-order chi connectivity index (χ1) is 15.8. The van der Waals surface area contributed by atoms with Crippen LogP contribution in [-0.4, -0.2) is 36.4 Å².